The van der Waals surface area contributed by atoms with Crippen molar-refractivity contribution in [3.05, 3.63) is 73.6 Å². The highest BCUT2D eigenvalue weighted by molar-refractivity contribution is 5.97. The van der Waals surface area contributed by atoms with Gasteiger partial charge in [0.1, 0.15) is 6.20 Å². The first-order valence-electron chi connectivity index (χ1n) is 8.70. The number of fused-ring (bicyclic) bond motifs is 1. The number of hydrogen-bond donors (Lipinski definition) is 2. The van der Waals surface area contributed by atoms with Crippen LogP contribution < -0.4 is 10.7 Å². The zero-order valence-corrected chi connectivity index (χ0v) is 16.2. The third-order valence-electron chi connectivity index (χ3n) is 4.12. The largest absolute Gasteiger partial charge is 0.361 e. The Hall–Kier alpha value is -4.68. The highest BCUT2D eigenvalue weighted by Gasteiger charge is 2.28. The average Bonchev–Trinajstić information content (AvgIpc) is 3.06. The lowest BCUT2D eigenvalue weighted by Gasteiger charge is -2.04. The van der Waals surface area contributed by atoms with E-state index in [4.69, 9.17) is 0 Å². The number of nitro groups is 2. The summed E-state index contributed by atoms with van der Waals surface area (Å²) in [6, 6.07) is 6.88. The van der Waals surface area contributed by atoms with Gasteiger partial charge in [0, 0.05) is 25.1 Å². The number of carbonyl (C=O) groups is 2. The van der Waals surface area contributed by atoms with Crippen molar-refractivity contribution < 1.29 is 19.4 Å². The summed E-state index contributed by atoms with van der Waals surface area (Å²) in [7, 11) is 0. The van der Waals surface area contributed by atoms with Crippen LogP contribution in [-0.4, -0.2) is 37.3 Å². The molecule has 0 aliphatic rings. The van der Waals surface area contributed by atoms with Gasteiger partial charge in [-0.1, -0.05) is 0 Å². The number of nitrogens with one attached hydrogen (secondary N) is 2. The van der Waals surface area contributed by atoms with E-state index in [-0.39, 0.29) is 17.2 Å². The van der Waals surface area contributed by atoms with Crippen molar-refractivity contribution in [2.75, 3.05) is 5.32 Å². The van der Waals surface area contributed by atoms with Gasteiger partial charge in [-0.3, -0.25) is 19.7 Å². The molecule has 2 N–H and O–H groups in total. The number of aryl methyl sites for hydroxylation is 1. The topological polar surface area (TPSA) is 174 Å². The number of hydrazone groups is 1. The van der Waals surface area contributed by atoms with E-state index < -0.39 is 27.3 Å². The van der Waals surface area contributed by atoms with Gasteiger partial charge in [0.15, 0.2) is 0 Å². The van der Waals surface area contributed by atoms with Gasteiger partial charge in [-0.15, -0.1) is 0 Å². The number of pyridine rings is 1. The fraction of sp³-hybridized carbons (Fsp3) is 0.111. The maximum Gasteiger partial charge on any atom is 0.361 e. The summed E-state index contributed by atoms with van der Waals surface area (Å²) in [6.45, 7) is 2.98. The SMILES string of the molecule is CC(=O)Nc1cn2c([N+](=O)[O-])c(C(=O)N/N=C/c3ccc([N+](=O)[O-])cc3)nc2cc1C. The molecule has 0 atom stereocenters. The number of rotatable bonds is 6. The summed E-state index contributed by atoms with van der Waals surface area (Å²) >= 11 is 0. The van der Waals surface area contributed by atoms with Gasteiger partial charge in [-0.2, -0.15) is 14.5 Å². The second-order valence-electron chi connectivity index (χ2n) is 6.37. The number of anilines is 1. The molecule has 1 aromatic carbocycles. The van der Waals surface area contributed by atoms with Gasteiger partial charge in [0.05, 0.1) is 16.8 Å². The molecule has 0 unspecified atom stereocenters. The highest BCUT2D eigenvalue weighted by atomic mass is 16.6. The Kier molecular flexibility index (Phi) is 5.67. The molecule has 0 fully saturated rings. The summed E-state index contributed by atoms with van der Waals surface area (Å²) in [5.74, 6) is -1.87. The minimum absolute atomic E-state index is 0.101. The summed E-state index contributed by atoms with van der Waals surface area (Å²) in [6.07, 6.45) is 2.54. The van der Waals surface area contributed by atoms with Crippen molar-refractivity contribution in [3.8, 4) is 0 Å². The van der Waals surface area contributed by atoms with Crippen molar-refractivity contribution >= 4 is 40.9 Å². The van der Waals surface area contributed by atoms with Crippen molar-refractivity contribution in [2.24, 2.45) is 5.10 Å². The normalized spacial score (nSPS) is 10.9. The Balaban J connectivity index is 1.89. The van der Waals surface area contributed by atoms with E-state index in [9.17, 15) is 29.8 Å². The summed E-state index contributed by atoms with van der Waals surface area (Å²) in [5, 5.41) is 28.5. The number of hydrogen-bond acceptors (Lipinski definition) is 8. The zero-order valence-electron chi connectivity index (χ0n) is 16.2. The van der Waals surface area contributed by atoms with Gasteiger partial charge in [-0.25, -0.2) is 5.43 Å². The molecule has 0 saturated carbocycles. The lowest BCUT2D eigenvalue weighted by atomic mass is 10.2. The van der Waals surface area contributed by atoms with E-state index in [0.717, 1.165) is 4.40 Å². The number of aromatic nitrogens is 2. The first-order chi connectivity index (χ1) is 14.7. The maximum absolute atomic E-state index is 12.5. The smallest absolute Gasteiger partial charge is 0.358 e. The fourth-order valence-electron chi connectivity index (χ4n) is 2.72. The molecule has 31 heavy (non-hydrogen) atoms. The van der Waals surface area contributed by atoms with Crippen molar-refractivity contribution in [2.45, 2.75) is 13.8 Å². The Morgan fingerprint density at radius 2 is 1.84 bits per heavy atom. The number of amides is 2. The van der Waals surface area contributed by atoms with Crippen LogP contribution in [0, 0.1) is 27.2 Å². The number of imidazole rings is 1. The Bertz CT molecular complexity index is 1250. The Morgan fingerprint density at radius 3 is 2.42 bits per heavy atom. The lowest BCUT2D eigenvalue weighted by molar-refractivity contribution is -0.390. The van der Waals surface area contributed by atoms with Crippen LogP contribution >= 0.6 is 0 Å². The Morgan fingerprint density at radius 1 is 1.16 bits per heavy atom. The molecule has 0 aliphatic carbocycles. The molecule has 0 spiro atoms. The van der Waals surface area contributed by atoms with Gasteiger partial charge >= 0.3 is 5.82 Å². The quantitative estimate of drug-likeness (QED) is 0.345. The second-order valence-corrected chi connectivity index (χ2v) is 6.37. The van der Waals surface area contributed by atoms with Crippen LogP contribution in [0.15, 0.2) is 41.6 Å². The van der Waals surface area contributed by atoms with Crippen molar-refractivity contribution in [1.82, 2.24) is 14.8 Å². The Labute approximate surface area is 173 Å². The van der Waals surface area contributed by atoms with E-state index in [1.165, 1.54) is 49.7 Å². The molecule has 0 bridgehead atoms. The summed E-state index contributed by atoms with van der Waals surface area (Å²) in [4.78, 5) is 48.7. The minimum Gasteiger partial charge on any atom is -0.358 e. The third-order valence-corrected chi connectivity index (χ3v) is 4.12. The molecular formula is C18H15N7O6. The zero-order chi connectivity index (χ0) is 22.7. The monoisotopic (exact) mass is 425 g/mol. The number of nitrogens with zero attached hydrogens (tertiary/aromatic N) is 5. The van der Waals surface area contributed by atoms with E-state index in [1.807, 2.05) is 0 Å². The number of carbonyl (C=O) groups excluding carboxylic acids is 2. The van der Waals surface area contributed by atoms with E-state index in [1.54, 1.807) is 6.92 Å². The maximum atomic E-state index is 12.5. The predicted molar refractivity (Wildman–Crippen MR) is 109 cm³/mol. The minimum atomic E-state index is -0.924. The van der Waals surface area contributed by atoms with Gasteiger partial charge in [-0.05, 0) is 35.1 Å². The molecule has 158 valence electrons. The molecule has 13 nitrogen and oxygen atoms in total. The molecule has 2 amide bonds. The molecule has 0 saturated heterocycles. The van der Waals surface area contributed by atoms with E-state index >= 15 is 0 Å². The van der Waals surface area contributed by atoms with E-state index in [2.05, 4.69) is 20.8 Å². The van der Waals surface area contributed by atoms with Crippen molar-refractivity contribution in [1.29, 1.82) is 0 Å². The molecule has 13 heteroatoms. The standard InChI is InChI=1S/C18H15N7O6/c1-10-7-15-21-16(18(25(30)31)23(15)9-14(10)20-11(2)26)17(27)22-19-8-12-3-5-13(6-4-12)24(28)29/h3-9H,1-2H3,(H,20,26)(H,22,27)/b19-8+. The molecule has 0 aliphatic heterocycles. The van der Waals surface area contributed by atoms with Crippen molar-refractivity contribution in [3.63, 3.8) is 0 Å². The molecule has 3 rings (SSSR count). The predicted octanol–water partition coefficient (Wildman–Crippen LogP) is 2.18. The first kappa shape index (κ1) is 21.0. The number of non-ortho nitro benzene ring substituents is 1. The molecule has 3 aromatic rings. The number of benzene rings is 1. The third kappa shape index (κ3) is 4.50. The fourth-order valence-corrected chi connectivity index (χ4v) is 2.72. The number of nitro benzene ring substituents is 1. The van der Waals surface area contributed by atoms with Crippen LogP contribution in [0.1, 0.15) is 28.5 Å². The van der Waals surface area contributed by atoms with Gasteiger partial charge in [0.2, 0.25) is 17.2 Å². The lowest BCUT2D eigenvalue weighted by Crippen LogP contribution is -2.19. The second kappa shape index (κ2) is 8.36. The van der Waals surface area contributed by atoms with Crippen LogP contribution in [0.5, 0.6) is 0 Å². The first-order valence-corrected chi connectivity index (χ1v) is 8.70. The molecular weight excluding hydrogens is 410 g/mol. The van der Waals surface area contributed by atoms with Crippen LogP contribution in [0.25, 0.3) is 5.65 Å². The molecule has 2 aromatic heterocycles. The van der Waals surface area contributed by atoms with Crippen LogP contribution in [0.4, 0.5) is 17.2 Å². The van der Waals surface area contributed by atoms with Gasteiger partial charge < -0.3 is 15.4 Å². The van der Waals surface area contributed by atoms with Crippen LogP contribution in [0.3, 0.4) is 0 Å². The molecule has 0 radical (unpaired) electrons. The summed E-state index contributed by atoms with van der Waals surface area (Å²) in [5.41, 5.74) is 3.12. The molecule has 2 heterocycles. The summed E-state index contributed by atoms with van der Waals surface area (Å²) < 4.78 is 1.09. The van der Waals surface area contributed by atoms with E-state index in [0.29, 0.717) is 16.8 Å². The highest BCUT2D eigenvalue weighted by Crippen LogP contribution is 2.25. The van der Waals surface area contributed by atoms with Crippen LogP contribution in [0.2, 0.25) is 0 Å². The average molecular weight is 425 g/mol. The van der Waals surface area contributed by atoms with Crippen LogP contribution in [-0.2, 0) is 4.79 Å². The van der Waals surface area contributed by atoms with Gasteiger partial charge in [0.25, 0.3) is 11.6 Å².